The second-order valence-electron chi connectivity index (χ2n) is 7.19. The third kappa shape index (κ3) is 4.26. The molecule has 2 aromatic rings. The smallest absolute Gasteiger partial charge is 0.193 e. The molecule has 1 aliphatic carbocycles. The molecule has 1 fully saturated rings. The first-order valence-corrected chi connectivity index (χ1v) is 9.97. The number of phenols is 1. The highest BCUT2D eigenvalue weighted by Crippen LogP contribution is 2.49. The van der Waals surface area contributed by atoms with Crippen LogP contribution in [0.3, 0.4) is 0 Å². The number of phenolic OH excluding ortho intramolecular Hbond substituents is 1. The molecule has 1 saturated carbocycles. The normalized spacial score (nSPS) is 16.0. The predicted octanol–water partition coefficient (Wildman–Crippen LogP) is 5.11. The standard InChI is InChI=1S/C23H25ClO5/c1-28-18-14-19(29-2)21(23(27)12-6-3-7-13-23)22(26)20(18)17(25)11-10-15-8-4-5-9-16(15)24/h4-5,8-11,14,26-27H,3,6-7,12-13H2,1-2H3. The summed E-state index contributed by atoms with van der Waals surface area (Å²) >= 11 is 6.14. The number of hydrogen-bond acceptors (Lipinski definition) is 5. The third-order valence-corrected chi connectivity index (χ3v) is 5.72. The first kappa shape index (κ1) is 21.2. The lowest BCUT2D eigenvalue weighted by Gasteiger charge is -2.34. The van der Waals surface area contributed by atoms with Gasteiger partial charge in [0.25, 0.3) is 0 Å². The Labute approximate surface area is 175 Å². The summed E-state index contributed by atoms with van der Waals surface area (Å²) in [6, 6.07) is 8.68. The van der Waals surface area contributed by atoms with Gasteiger partial charge in [0, 0.05) is 11.1 Å². The van der Waals surface area contributed by atoms with Crippen molar-refractivity contribution in [2.45, 2.75) is 37.7 Å². The molecule has 2 aromatic carbocycles. The zero-order valence-corrected chi connectivity index (χ0v) is 17.3. The molecule has 0 heterocycles. The molecule has 0 saturated heterocycles. The van der Waals surface area contributed by atoms with Gasteiger partial charge in [-0.2, -0.15) is 0 Å². The van der Waals surface area contributed by atoms with Crippen LogP contribution in [0.2, 0.25) is 5.02 Å². The Morgan fingerprint density at radius 2 is 1.76 bits per heavy atom. The fourth-order valence-corrected chi connectivity index (χ4v) is 4.08. The zero-order chi connectivity index (χ0) is 21.0. The Bertz CT molecular complexity index is 929. The molecule has 0 atom stereocenters. The van der Waals surface area contributed by atoms with Crippen LogP contribution in [-0.4, -0.2) is 30.2 Å². The maximum absolute atomic E-state index is 13.0. The Hall–Kier alpha value is -2.50. The number of rotatable bonds is 6. The van der Waals surface area contributed by atoms with Crippen molar-refractivity contribution in [3.8, 4) is 17.2 Å². The van der Waals surface area contributed by atoms with E-state index in [4.69, 9.17) is 21.1 Å². The molecular formula is C23H25ClO5. The van der Waals surface area contributed by atoms with E-state index in [1.54, 1.807) is 24.3 Å². The van der Waals surface area contributed by atoms with Gasteiger partial charge in [0.15, 0.2) is 5.78 Å². The van der Waals surface area contributed by atoms with Gasteiger partial charge in [-0.05, 0) is 36.6 Å². The highest BCUT2D eigenvalue weighted by Gasteiger charge is 2.39. The second-order valence-corrected chi connectivity index (χ2v) is 7.60. The fourth-order valence-electron chi connectivity index (χ4n) is 3.88. The molecule has 0 unspecified atom stereocenters. The molecule has 2 N–H and O–H groups in total. The van der Waals surface area contributed by atoms with Crippen molar-refractivity contribution in [3.63, 3.8) is 0 Å². The number of methoxy groups -OCH3 is 2. The average molecular weight is 417 g/mol. The van der Waals surface area contributed by atoms with E-state index in [1.807, 2.05) is 6.07 Å². The Morgan fingerprint density at radius 3 is 2.38 bits per heavy atom. The van der Waals surface area contributed by atoms with E-state index in [1.165, 1.54) is 26.4 Å². The van der Waals surface area contributed by atoms with Crippen molar-refractivity contribution in [1.29, 1.82) is 0 Å². The molecule has 0 aromatic heterocycles. The number of halogens is 1. The van der Waals surface area contributed by atoms with Gasteiger partial charge in [-0.15, -0.1) is 0 Å². The molecule has 5 nitrogen and oxygen atoms in total. The molecule has 29 heavy (non-hydrogen) atoms. The number of hydrogen-bond donors (Lipinski definition) is 2. The van der Waals surface area contributed by atoms with Crippen LogP contribution < -0.4 is 9.47 Å². The topological polar surface area (TPSA) is 76.0 Å². The van der Waals surface area contributed by atoms with Crippen molar-refractivity contribution in [2.24, 2.45) is 0 Å². The van der Waals surface area contributed by atoms with E-state index < -0.39 is 11.4 Å². The number of ether oxygens (including phenoxy) is 2. The Balaban J connectivity index is 2.09. The van der Waals surface area contributed by atoms with Crippen molar-refractivity contribution in [2.75, 3.05) is 14.2 Å². The molecule has 1 aliphatic rings. The summed E-state index contributed by atoms with van der Waals surface area (Å²) in [6.07, 6.45) is 6.59. The van der Waals surface area contributed by atoms with E-state index in [2.05, 4.69) is 0 Å². The first-order chi connectivity index (χ1) is 13.9. The minimum Gasteiger partial charge on any atom is -0.506 e. The number of allylic oxidation sites excluding steroid dienone is 1. The first-order valence-electron chi connectivity index (χ1n) is 9.59. The van der Waals surface area contributed by atoms with Crippen LogP contribution >= 0.6 is 11.6 Å². The van der Waals surface area contributed by atoms with Crippen molar-refractivity contribution in [1.82, 2.24) is 0 Å². The summed E-state index contributed by atoms with van der Waals surface area (Å²) in [4.78, 5) is 13.0. The lowest BCUT2D eigenvalue weighted by molar-refractivity contribution is -0.00462. The summed E-state index contributed by atoms with van der Waals surface area (Å²) in [6.45, 7) is 0. The average Bonchev–Trinajstić information content (AvgIpc) is 2.72. The zero-order valence-electron chi connectivity index (χ0n) is 16.6. The van der Waals surface area contributed by atoms with Gasteiger partial charge in [-0.1, -0.05) is 49.1 Å². The number of carbonyl (C=O) groups is 1. The minimum absolute atomic E-state index is 0.00870. The molecule has 0 amide bonds. The number of benzene rings is 2. The molecule has 154 valence electrons. The second kappa shape index (κ2) is 8.89. The van der Waals surface area contributed by atoms with E-state index >= 15 is 0 Å². The Kier molecular flexibility index (Phi) is 6.50. The number of aliphatic hydroxyl groups is 1. The monoisotopic (exact) mass is 416 g/mol. The highest BCUT2D eigenvalue weighted by atomic mass is 35.5. The van der Waals surface area contributed by atoms with Gasteiger partial charge in [0.1, 0.15) is 22.8 Å². The molecule has 3 rings (SSSR count). The van der Waals surface area contributed by atoms with E-state index in [0.717, 1.165) is 19.3 Å². The van der Waals surface area contributed by atoms with E-state index in [9.17, 15) is 15.0 Å². The largest absolute Gasteiger partial charge is 0.506 e. The Morgan fingerprint density at radius 1 is 1.10 bits per heavy atom. The lowest BCUT2D eigenvalue weighted by atomic mass is 9.78. The maximum atomic E-state index is 13.0. The van der Waals surface area contributed by atoms with Crippen molar-refractivity contribution in [3.05, 3.63) is 58.1 Å². The molecule has 0 radical (unpaired) electrons. The quantitative estimate of drug-likeness (QED) is 0.505. The SMILES string of the molecule is COc1cc(OC)c(C2(O)CCCCC2)c(O)c1C(=O)C=Cc1ccccc1Cl. The number of carbonyl (C=O) groups excluding carboxylic acids is 1. The van der Waals surface area contributed by atoms with Crippen LogP contribution in [0, 0.1) is 0 Å². The lowest BCUT2D eigenvalue weighted by Crippen LogP contribution is -2.29. The van der Waals surface area contributed by atoms with Crippen LogP contribution in [0.25, 0.3) is 6.08 Å². The van der Waals surface area contributed by atoms with Crippen molar-refractivity contribution >= 4 is 23.5 Å². The predicted molar refractivity (Wildman–Crippen MR) is 113 cm³/mol. The van der Waals surface area contributed by atoms with Gasteiger partial charge >= 0.3 is 0 Å². The fraction of sp³-hybridized carbons (Fsp3) is 0.348. The molecular weight excluding hydrogens is 392 g/mol. The van der Waals surface area contributed by atoms with Crippen molar-refractivity contribution < 1.29 is 24.5 Å². The minimum atomic E-state index is -1.25. The summed E-state index contributed by atoms with van der Waals surface area (Å²) in [7, 11) is 2.88. The summed E-state index contributed by atoms with van der Waals surface area (Å²) in [5, 5.41) is 22.8. The van der Waals surface area contributed by atoms with E-state index in [0.29, 0.717) is 29.2 Å². The number of ketones is 1. The van der Waals surface area contributed by atoms with Gasteiger partial charge in [-0.3, -0.25) is 4.79 Å². The maximum Gasteiger partial charge on any atom is 0.193 e. The van der Waals surface area contributed by atoms with Crippen LogP contribution in [0.15, 0.2) is 36.4 Å². The van der Waals surface area contributed by atoms with Gasteiger partial charge in [0.05, 0.1) is 25.4 Å². The molecule has 0 aliphatic heterocycles. The summed E-state index contributed by atoms with van der Waals surface area (Å²) in [5.41, 5.74) is -0.331. The molecule has 0 bridgehead atoms. The van der Waals surface area contributed by atoms with E-state index in [-0.39, 0.29) is 22.6 Å². The van der Waals surface area contributed by atoms with Crippen LogP contribution in [-0.2, 0) is 5.60 Å². The van der Waals surface area contributed by atoms with Crippen LogP contribution in [0.5, 0.6) is 17.2 Å². The van der Waals surface area contributed by atoms with Crippen LogP contribution in [0.4, 0.5) is 0 Å². The number of aromatic hydroxyl groups is 1. The van der Waals surface area contributed by atoms with Gasteiger partial charge in [-0.25, -0.2) is 0 Å². The summed E-state index contributed by atoms with van der Waals surface area (Å²) < 4.78 is 10.8. The van der Waals surface area contributed by atoms with Gasteiger partial charge < -0.3 is 19.7 Å². The van der Waals surface area contributed by atoms with Crippen LogP contribution in [0.1, 0.15) is 53.6 Å². The summed E-state index contributed by atoms with van der Waals surface area (Å²) in [5.74, 6) is -0.284. The molecule has 6 heteroatoms. The highest BCUT2D eigenvalue weighted by molar-refractivity contribution is 6.32. The molecule has 0 spiro atoms. The van der Waals surface area contributed by atoms with Gasteiger partial charge in [0.2, 0.25) is 0 Å². The third-order valence-electron chi connectivity index (χ3n) is 5.38.